The van der Waals surface area contributed by atoms with E-state index in [9.17, 15) is 22.8 Å². The number of ether oxygens (including phenoxy) is 2. The van der Waals surface area contributed by atoms with Gasteiger partial charge in [0.25, 0.3) is 5.91 Å². The van der Waals surface area contributed by atoms with Crippen LogP contribution in [0.5, 0.6) is 0 Å². The normalized spacial score (nSPS) is 14.7. The fourth-order valence-corrected chi connectivity index (χ4v) is 5.14. The van der Waals surface area contributed by atoms with Gasteiger partial charge >= 0.3 is 11.9 Å². The molecule has 0 saturated heterocycles. The van der Waals surface area contributed by atoms with Crippen molar-refractivity contribution in [3.05, 3.63) is 99.6 Å². The van der Waals surface area contributed by atoms with E-state index in [-0.39, 0.29) is 40.7 Å². The lowest BCUT2D eigenvalue weighted by Crippen LogP contribution is -2.24. The molecule has 1 aromatic heterocycles. The molecule has 3 aromatic rings. The van der Waals surface area contributed by atoms with Gasteiger partial charge in [0.1, 0.15) is 11.5 Å². The van der Waals surface area contributed by atoms with E-state index in [0.717, 1.165) is 0 Å². The predicted molar refractivity (Wildman–Crippen MR) is 147 cm³/mol. The summed E-state index contributed by atoms with van der Waals surface area (Å²) in [7, 11) is -2.61. The van der Waals surface area contributed by atoms with Crippen molar-refractivity contribution < 1.29 is 36.7 Å². The van der Waals surface area contributed by atoms with Gasteiger partial charge < -0.3 is 13.9 Å². The van der Waals surface area contributed by atoms with Crippen LogP contribution in [0.4, 0.5) is 5.69 Å². The second kappa shape index (κ2) is 11.9. The molecule has 0 saturated carbocycles. The maximum absolute atomic E-state index is 13.5. The molecule has 10 nitrogen and oxygen atoms in total. The molecule has 40 heavy (non-hydrogen) atoms. The third-order valence-corrected chi connectivity index (χ3v) is 7.62. The number of halogens is 1. The van der Waals surface area contributed by atoms with Crippen molar-refractivity contribution >= 4 is 51.2 Å². The number of allylic oxidation sites excluding steroid dienone is 1. The average Bonchev–Trinajstić information content (AvgIpc) is 3.49. The molecule has 0 spiro atoms. The summed E-state index contributed by atoms with van der Waals surface area (Å²) in [5.41, 5.74) is 1.15. The maximum Gasteiger partial charge on any atom is 0.340 e. The lowest BCUT2D eigenvalue weighted by molar-refractivity contribution is -0.136. The van der Waals surface area contributed by atoms with E-state index >= 15 is 0 Å². The number of carbonyl (C=O) groups excluding carboxylic acids is 3. The van der Waals surface area contributed by atoms with Crippen LogP contribution < -0.4 is 9.62 Å². The minimum Gasteiger partial charge on any atom is -0.465 e. The first-order chi connectivity index (χ1) is 19.1. The quantitative estimate of drug-likeness (QED) is 0.288. The van der Waals surface area contributed by atoms with Crippen LogP contribution in [0.3, 0.4) is 0 Å². The molecule has 0 radical (unpaired) electrons. The van der Waals surface area contributed by atoms with Crippen molar-refractivity contribution in [2.24, 2.45) is 0 Å². The van der Waals surface area contributed by atoms with Crippen molar-refractivity contribution in [3.63, 3.8) is 0 Å². The van der Waals surface area contributed by atoms with Gasteiger partial charge in [0, 0.05) is 16.4 Å². The Morgan fingerprint density at radius 3 is 2.33 bits per heavy atom. The van der Waals surface area contributed by atoms with Crippen LogP contribution in [0.25, 0.3) is 6.08 Å². The number of hydrogen-bond donors (Lipinski definition) is 1. The highest BCUT2D eigenvalue weighted by Crippen LogP contribution is 2.35. The molecule has 208 valence electrons. The van der Waals surface area contributed by atoms with E-state index in [4.69, 9.17) is 25.5 Å². The zero-order chi connectivity index (χ0) is 29.0. The molecule has 1 amide bonds. The van der Waals surface area contributed by atoms with E-state index in [1.54, 1.807) is 38.1 Å². The molecule has 2 aromatic carbocycles. The highest BCUT2D eigenvalue weighted by atomic mass is 35.5. The number of furan rings is 1. The summed E-state index contributed by atoms with van der Waals surface area (Å²) in [6, 6.07) is 15.0. The summed E-state index contributed by atoms with van der Waals surface area (Å²) in [5.74, 6) is -1.22. The Labute approximate surface area is 235 Å². The van der Waals surface area contributed by atoms with Gasteiger partial charge in [0.15, 0.2) is 0 Å². The zero-order valence-corrected chi connectivity index (χ0v) is 23.3. The largest absolute Gasteiger partial charge is 0.465 e. The Balaban J connectivity index is 1.58. The summed E-state index contributed by atoms with van der Waals surface area (Å²) in [4.78, 5) is 39.5. The lowest BCUT2D eigenvalue weighted by Gasteiger charge is -2.18. The molecule has 0 atom stereocenters. The molecule has 2 heterocycles. The van der Waals surface area contributed by atoms with Gasteiger partial charge in [0.05, 0.1) is 41.9 Å². The van der Waals surface area contributed by atoms with Crippen molar-refractivity contribution in [2.45, 2.75) is 25.3 Å². The average molecular weight is 585 g/mol. The van der Waals surface area contributed by atoms with Gasteiger partial charge in [-0.25, -0.2) is 22.7 Å². The topological polar surface area (TPSA) is 132 Å². The predicted octanol–water partition coefficient (Wildman–Crippen LogP) is 4.47. The highest BCUT2D eigenvalue weighted by molar-refractivity contribution is 7.89. The Bertz CT molecular complexity index is 1620. The molecule has 1 aliphatic heterocycles. The summed E-state index contributed by atoms with van der Waals surface area (Å²) < 4.78 is 43.2. The number of esters is 2. The van der Waals surface area contributed by atoms with Crippen molar-refractivity contribution in [2.75, 3.05) is 18.6 Å². The molecule has 0 aliphatic carbocycles. The Morgan fingerprint density at radius 1 is 1.02 bits per heavy atom. The second-order valence-corrected chi connectivity index (χ2v) is 10.7. The maximum atomic E-state index is 13.5. The lowest BCUT2D eigenvalue weighted by atomic mass is 10.1. The second-order valence-electron chi connectivity index (χ2n) is 8.50. The van der Waals surface area contributed by atoms with Gasteiger partial charge in [0.2, 0.25) is 10.0 Å². The van der Waals surface area contributed by atoms with Crippen molar-refractivity contribution in [1.82, 2.24) is 4.72 Å². The smallest absolute Gasteiger partial charge is 0.340 e. The van der Waals surface area contributed by atoms with Gasteiger partial charge in [-0.1, -0.05) is 11.6 Å². The van der Waals surface area contributed by atoms with Crippen LogP contribution in [0.15, 0.2) is 86.8 Å². The Morgan fingerprint density at radius 2 is 1.70 bits per heavy atom. The van der Waals surface area contributed by atoms with Crippen LogP contribution in [0, 0.1) is 0 Å². The first-order valence-corrected chi connectivity index (χ1v) is 13.9. The Hall–Kier alpha value is -4.19. The number of anilines is 1. The number of carbonyl (C=O) groups is 3. The standard InChI is InChI=1S/C28H25ClN2O8S/c1-4-38-27(33)18-5-9-20(10-6-18)31-17(2)25(28(34)37-3)24(26(31)32)15-21-11-12-22(39-21)16-30-40(35,36)23-13-7-19(29)8-14-23/h5-15,30H,4,16H2,1-3H3/b24-15+. The fraction of sp³-hybridized carbons (Fsp3) is 0.179. The number of rotatable bonds is 9. The first-order valence-electron chi connectivity index (χ1n) is 12.0. The molecule has 0 unspecified atom stereocenters. The molecule has 12 heteroatoms. The molecule has 4 rings (SSSR count). The van der Waals surface area contributed by atoms with E-state index in [2.05, 4.69) is 4.72 Å². The number of amides is 1. The van der Waals surface area contributed by atoms with E-state index < -0.39 is 27.9 Å². The summed E-state index contributed by atoms with van der Waals surface area (Å²) in [5, 5.41) is 0.409. The zero-order valence-electron chi connectivity index (χ0n) is 21.8. The number of sulfonamides is 1. The minimum atomic E-state index is -3.82. The van der Waals surface area contributed by atoms with Crippen LogP contribution >= 0.6 is 11.6 Å². The van der Waals surface area contributed by atoms with Crippen LogP contribution in [0.2, 0.25) is 5.02 Å². The minimum absolute atomic E-state index is 0.0291. The third kappa shape index (κ3) is 6.01. The van der Waals surface area contributed by atoms with Gasteiger partial charge in [-0.15, -0.1) is 0 Å². The van der Waals surface area contributed by atoms with E-state index in [1.807, 2.05) is 0 Å². The summed E-state index contributed by atoms with van der Waals surface area (Å²) in [6.45, 7) is 3.38. The molecular formula is C28H25ClN2O8S. The highest BCUT2D eigenvalue weighted by Gasteiger charge is 2.38. The summed E-state index contributed by atoms with van der Waals surface area (Å²) in [6.07, 6.45) is 1.39. The monoisotopic (exact) mass is 584 g/mol. The number of nitrogens with zero attached hydrogens (tertiary/aromatic N) is 1. The molecular weight excluding hydrogens is 560 g/mol. The SMILES string of the molecule is CCOC(=O)c1ccc(N2C(=O)/C(=C/c3ccc(CNS(=O)(=O)c4ccc(Cl)cc4)o3)C(C(=O)OC)=C2C)cc1. The molecule has 1 aliphatic rings. The Kier molecular flexibility index (Phi) is 8.58. The summed E-state index contributed by atoms with van der Waals surface area (Å²) >= 11 is 5.83. The number of methoxy groups -OCH3 is 1. The molecule has 1 N–H and O–H groups in total. The van der Waals surface area contributed by atoms with E-state index in [0.29, 0.717) is 22.0 Å². The van der Waals surface area contributed by atoms with Gasteiger partial charge in [-0.05, 0) is 80.6 Å². The fourth-order valence-electron chi connectivity index (χ4n) is 4.02. The number of hydrogen-bond acceptors (Lipinski definition) is 8. The van der Waals surface area contributed by atoms with E-state index in [1.165, 1.54) is 54.5 Å². The number of nitrogens with one attached hydrogen (secondary N) is 1. The van der Waals surface area contributed by atoms with Crippen molar-refractivity contribution in [1.29, 1.82) is 0 Å². The molecule has 0 fully saturated rings. The first kappa shape index (κ1) is 28.8. The van der Waals surface area contributed by atoms with Crippen LogP contribution in [0.1, 0.15) is 35.7 Å². The van der Waals surface area contributed by atoms with Crippen LogP contribution in [-0.2, 0) is 35.6 Å². The van der Waals surface area contributed by atoms with Gasteiger partial charge in [-0.2, -0.15) is 0 Å². The van der Waals surface area contributed by atoms with Crippen LogP contribution in [-0.4, -0.2) is 40.0 Å². The van der Waals surface area contributed by atoms with Crippen molar-refractivity contribution in [3.8, 4) is 0 Å². The van der Waals surface area contributed by atoms with Gasteiger partial charge in [-0.3, -0.25) is 9.69 Å². The number of benzene rings is 2. The third-order valence-electron chi connectivity index (χ3n) is 5.96. The molecule has 0 bridgehead atoms.